The number of nitrogens with one attached hydrogen (secondary N) is 1. The van der Waals surface area contributed by atoms with Crippen LogP contribution >= 0.6 is 0 Å². The first-order chi connectivity index (χ1) is 16.2. The van der Waals surface area contributed by atoms with Crippen molar-refractivity contribution in [1.82, 2.24) is 20.3 Å². The van der Waals surface area contributed by atoms with E-state index in [1.54, 1.807) is 13.0 Å². The number of carbonyl (C=O) groups excluding carboxylic acids is 2. The number of aromatic nitrogens is 3. The molecule has 3 aromatic rings. The van der Waals surface area contributed by atoms with Crippen molar-refractivity contribution >= 4 is 23.7 Å². The van der Waals surface area contributed by atoms with Gasteiger partial charge in [0.15, 0.2) is 5.82 Å². The largest absolute Gasteiger partial charge is 0.420 e. The van der Waals surface area contributed by atoms with E-state index < -0.39 is 23.7 Å². The molecule has 1 N–H and O–H groups in total. The average Bonchev–Trinajstić information content (AvgIpc) is 3.23. The summed E-state index contributed by atoms with van der Waals surface area (Å²) in [6.45, 7) is 2.82. The number of aryl methyl sites for hydroxylation is 1. The number of halogens is 3. The molecule has 4 rings (SSSR count). The molecule has 0 unspecified atom stereocenters. The molecule has 13 heteroatoms. The predicted molar refractivity (Wildman–Crippen MR) is 112 cm³/mol. The molecule has 1 aromatic carbocycles. The number of carbonyl (C=O) groups is 2. The van der Waals surface area contributed by atoms with E-state index in [4.69, 9.17) is 9.26 Å². The molecule has 0 bridgehead atoms. The van der Waals surface area contributed by atoms with E-state index in [1.165, 1.54) is 35.2 Å². The zero-order valence-corrected chi connectivity index (χ0v) is 17.9. The number of ether oxygens (including phenoxy) is 1. The fourth-order valence-electron chi connectivity index (χ4n) is 3.41. The first kappa shape index (κ1) is 23.0. The highest BCUT2D eigenvalue weighted by molar-refractivity contribution is 5.96. The Balaban J connectivity index is 1.33. The van der Waals surface area contributed by atoms with Crippen molar-refractivity contribution in [3.63, 3.8) is 0 Å². The zero-order valence-electron chi connectivity index (χ0n) is 17.9. The summed E-state index contributed by atoms with van der Waals surface area (Å²) in [6, 6.07) is 9.29. The molecule has 0 radical (unpaired) electrons. The molecule has 0 atom stereocenters. The first-order valence-corrected chi connectivity index (χ1v) is 10.2. The number of rotatable bonds is 4. The van der Waals surface area contributed by atoms with Crippen LogP contribution in [-0.4, -0.2) is 58.4 Å². The maximum Gasteiger partial charge on any atom is 0.420 e. The van der Waals surface area contributed by atoms with Gasteiger partial charge in [-0.1, -0.05) is 17.3 Å². The monoisotopic (exact) mass is 476 g/mol. The topological polar surface area (TPSA) is 114 Å². The maximum atomic E-state index is 13.2. The molecule has 1 saturated heterocycles. The molecule has 1 aliphatic rings. The summed E-state index contributed by atoms with van der Waals surface area (Å²) < 4.78 is 49.6. The van der Waals surface area contributed by atoms with Crippen LogP contribution in [0.2, 0.25) is 0 Å². The van der Waals surface area contributed by atoms with Crippen molar-refractivity contribution in [2.75, 3.05) is 36.4 Å². The summed E-state index contributed by atoms with van der Waals surface area (Å²) in [7, 11) is 0. The third-order valence-electron chi connectivity index (χ3n) is 5.03. The average molecular weight is 476 g/mol. The highest BCUT2D eigenvalue weighted by Crippen LogP contribution is 2.32. The smallest absolute Gasteiger partial charge is 0.389 e. The lowest BCUT2D eigenvalue weighted by Gasteiger charge is -2.35. The van der Waals surface area contributed by atoms with E-state index >= 15 is 0 Å². The number of anilines is 2. The third-order valence-corrected chi connectivity index (χ3v) is 5.03. The highest BCUT2D eigenvalue weighted by Gasteiger charge is 2.36. The Morgan fingerprint density at radius 1 is 1.06 bits per heavy atom. The van der Waals surface area contributed by atoms with Crippen LogP contribution in [0.15, 0.2) is 47.0 Å². The molecule has 0 saturated carbocycles. The molecule has 3 heterocycles. The van der Waals surface area contributed by atoms with Gasteiger partial charge in [0.25, 0.3) is 5.91 Å². The van der Waals surface area contributed by atoms with Gasteiger partial charge in [-0.25, -0.2) is 4.79 Å². The molecule has 1 fully saturated rings. The van der Waals surface area contributed by atoms with Gasteiger partial charge >= 0.3 is 12.3 Å². The number of alkyl halides is 3. The summed E-state index contributed by atoms with van der Waals surface area (Å²) in [6.07, 6.45) is -5.44. The van der Waals surface area contributed by atoms with Crippen molar-refractivity contribution in [3.05, 3.63) is 59.3 Å². The van der Waals surface area contributed by atoms with Crippen LogP contribution < -0.4 is 15.0 Å². The molecular formula is C21H19F3N6O4. The molecule has 178 valence electrons. The molecule has 0 spiro atoms. The van der Waals surface area contributed by atoms with Crippen LogP contribution in [0.25, 0.3) is 0 Å². The number of benzene rings is 1. The predicted octanol–water partition coefficient (Wildman–Crippen LogP) is 3.37. The van der Waals surface area contributed by atoms with Crippen LogP contribution in [0.1, 0.15) is 21.6 Å². The molecule has 10 nitrogen and oxygen atoms in total. The summed E-state index contributed by atoms with van der Waals surface area (Å²) in [5.74, 6) is -0.121. The van der Waals surface area contributed by atoms with Crippen LogP contribution in [0.4, 0.5) is 29.7 Å². The Morgan fingerprint density at radius 2 is 1.79 bits per heavy atom. The fourth-order valence-corrected chi connectivity index (χ4v) is 3.41. The van der Waals surface area contributed by atoms with Gasteiger partial charge < -0.3 is 19.1 Å². The number of hydrogen-bond donors (Lipinski definition) is 1. The first-order valence-electron chi connectivity index (χ1n) is 10.2. The van der Waals surface area contributed by atoms with E-state index in [9.17, 15) is 22.8 Å². The molecule has 1 aliphatic heterocycles. The van der Waals surface area contributed by atoms with Gasteiger partial charge in [0.05, 0.1) is 16.8 Å². The Bertz CT molecular complexity index is 1170. The second kappa shape index (κ2) is 9.37. The van der Waals surface area contributed by atoms with Gasteiger partial charge in [-0.15, -0.1) is 10.2 Å². The highest BCUT2D eigenvalue weighted by atomic mass is 19.4. The van der Waals surface area contributed by atoms with Crippen molar-refractivity contribution < 1.29 is 32.0 Å². The van der Waals surface area contributed by atoms with E-state index in [1.807, 2.05) is 4.90 Å². The zero-order chi connectivity index (χ0) is 24.3. The molecule has 2 aromatic heterocycles. The standard InChI is InChI=1S/C21H19F3N6O4/c1-13-12-18(34-28-13)25-20(32)33-17-7-6-16(26-27-17)29-8-10-30(11-9-29)19(31)14-4-2-3-5-15(14)21(22,23)24/h2-7,12H,8-11H2,1H3,(H,25,32). The van der Waals surface area contributed by atoms with Crippen molar-refractivity contribution in [3.8, 4) is 5.88 Å². The van der Waals surface area contributed by atoms with Crippen LogP contribution in [-0.2, 0) is 6.18 Å². The minimum absolute atomic E-state index is 0.0462. The lowest BCUT2D eigenvalue weighted by Crippen LogP contribution is -2.49. The third kappa shape index (κ3) is 5.24. The maximum absolute atomic E-state index is 13.2. The number of nitrogens with zero attached hydrogens (tertiary/aromatic N) is 5. The minimum atomic E-state index is -4.61. The van der Waals surface area contributed by atoms with Gasteiger partial charge in [-0.2, -0.15) is 13.2 Å². The van der Waals surface area contributed by atoms with Crippen LogP contribution in [0.5, 0.6) is 5.88 Å². The van der Waals surface area contributed by atoms with Crippen LogP contribution in [0, 0.1) is 6.92 Å². The Morgan fingerprint density at radius 3 is 2.41 bits per heavy atom. The van der Waals surface area contributed by atoms with Gasteiger partial charge in [0, 0.05) is 38.3 Å². The quantitative estimate of drug-likeness (QED) is 0.610. The summed E-state index contributed by atoms with van der Waals surface area (Å²) in [5, 5.41) is 13.9. The number of amides is 2. The molecule has 34 heavy (non-hydrogen) atoms. The van der Waals surface area contributed by atoms with Gasteiger partial charge in [-0.3, -0.25) is 10.1 Å². The molecular weight excluding hydrogens is 457 g/mol. The minimum Gasteiger partial charge on any atom is -0.389 e. The number of piperazine rings is 1. The van der Waals surface area contributed by atoms with Gasteiger partial charge in [0.1, 0.15) is 0 Å². The summed E-state index contributed by atoms with van der Waals surface area (Å²) in [4.78, 5) is 27.8. The lowest BCUT2D eigenvalue weighted by atomic mass is 10.1. The summed E-state index contributed by atoms with van der Waals surface area (Å²) in [5.41, 5.74) is -0.735. The second-order valence-electron chi connectivity index (χ2n) is 7.40. The van der Waals surface area contributed by atoms with Crippen LogP contribution in [0.3, 0.4) is 0 Å². The Labute approximate surface area is 191 Å². The molecule has 0 aliphatic carbocycles. The summed E-state index contributed by atoms with van der Waals surface area (Å²) >= 11 is 0. The van der Waals surface area contributed by atoms with Crippen molar-refractivity contribution in [2.24, 2.45) is 0 Å². The lowest BCUT2D eigenvalue weighted by molar-refractivity contribution is -0.138. The Hall–Kier alpha value is -4.16. The molecule has 2 amide bonds. The normalized spacial score (nSPS) is 14.1. The van der Waals surface area contributed by atoms with E-state index in [2.05, 4.69) is 20.7 Å². The van der Waals surface area contributed by atoms with Gasteiger partial charge in [-0.05, 0) is 25.1 Å². The fraction of sp³-hybridized carbons (Fsp3) is 0.286. The van der Waals surface area contributed by atoms with E-state index in [-0.39, 0.29) is 30.4 Å². The van der Waals surface area contributed by atoms with Gasteiger partial charge in [0.2, 0.25) is 11.8 Å². The Kier molecular flexibility index (Phi) is 6.34. The SMILES string of the molecule is Cc1cc(NC(=O)Oc2ccc(N3CCN(C(=O)c4ccccc4C(F)(F)F)CC3)nn2)on1. The number of hydrogen-bond acceptors (Lipinski definition) is 8. The van der Waals surface area contributed by atoms with Crippen molar-refractivity contribution in [2.45, 2.75) is 13.1 Å². The van der Waals surface area contributed by atoms with Crippen molar-refractivity contribution in [1.29, 1.82) is 0 Å². The second-order valence-corrected chi connectivity index (χ2v) is 7.40. The van der Waals surface area contributed by atoms with E-state index in [0.29, 0.717) is 24.6 Å². The van der Waals surface area contributed by atoms with E-state index in [0.717, 1.165) is 6.07 Å².